The lowest BCUT2D eigenvalue weighted by Gasteiger charge is -2.28. The van der Waals surface area contributed by atoms with Gasteiger partial charge >= 0.3 is 11.9 Å². The third-order valence-corrected chi connectivity index (χ3v) is 6.64. The van der Waals surface area contributed by atoms with Crippen LogP contribution in [0.1, 0.15) is 37.0 Å². The Hall–Kier alpha value is -3.61. The molecule has 2 heterocycles. The van der Waals surface area contributed by atoms with Crippen molar-refractivity contribution < 1.29 is 28.7 Å². The van der Waals surface area contributed by atoms with E-state index in [1.807, 2.05) is 0 Å². The smallest absolute Gasteiger partial charge is 0.328 e. The predicted octanol–water partition coefficient (Wildman–Crippen LogP) is 0.430. The summed E-state index contributed by atoms with van der Waals surface area (Å²) >= 11 is 1.47. The highest BCUT2D eigenvalue weighted by molar-refractivity contribution is 8.02. The molecule has 13 heteroatoms. The lowest BCUT2D eigenvalue weighted by molar-refractivity contribution is -0.146. The van der Waals surface area contributed by atoms with Crippen molar-refractivity contribution in [3.63, 3.8) is 0 Å². The van der Waals surface area contributed by atoms with E-state index in [-0.39, 0.29) is 43.2 Å². The quantitative estimate of drug-likeness (QED) is 0.303. The van der Waals surface area contributed by atoms with Crippen LogP contribution < -0.4 is 21.7 Å². The fourth-order valence-corrected chi connectivity index (χ4v) is 4.66. The summed E-state index contributed by atoms with van der Waals surface area (Å²) < 4.78 is 9.91. The molecule has 2 unspecified atom stereocenters. The maximum absolute atomic E-state index is 12.7. The number of benzene rings is 1. The molecule has 12 nitrogen and oxygen atoms in total. The molecule has 2 aliphatic rings. The highest BCUT2D eigenvalue weighted by Crippen LogP contribution is 2.27. The van der Waals surface area contributed by atoms with Crippen LogP contribution in [0.4, 0.5) is 5.69 Å². The molecule has 0 bridgehead atoms. The van der Waals surface area contributed by atoms with Gasteiger partial charge in [0.1, 0.15) is 17.1 Å². The summed E-state index contributed by atoms with van der Waals surface area (Å²) in [6, 6.07) is 5.77. The number of thioether (sulfide) groups is 1. The number of hydrogen-bond acceptors (Lipinski definition) is 11. The molecule has 1 aromatic rings. The van der Waals surface area contributed by atoms with E-state index in [2.05, 4.69) is 25.9 Å². The number of amides is 2. The number of fused-ring (bicyclic) bond motifs is 1. The van der Waals surface area contributed by atoms with Gasteiger partial charge in [0.25, 0.3) is 5.91 Å². The van der Waals surface area contributed by atoms with E-state index in [9.17, 15) is 19.2 Å². The zero-order chi connectivity index (χ0) is 26.1. The second-order valence-electron chi connectivity index (χ2n) is 7.90. The Morgan fingerprint density at radius 2 is 1.92 bits per heavy atom. The predicted molar refractivity (Wildman–Crippen MR) is 136 cm³/mol. The maximum atomic E-state index is 12.7. The molecule has 36 heavy (non-hydrogen) atoms. The number of guanidine groups is 1. The van der Waals surface area contributed by atoms with Crippen LogP contribution in [0.25, 0.3) is 0 Å². The van der Waals surface area contributed by atoms with E-state index in [4.69, 9.17) is 15.2 Å². The van der Waals surface area contributed by atoms with Gasteiger partial charge < -0.3 is 25.8 Å². The molecule has 2 amide bonds. The van der Waals surface area contributed by atoms with Gasteiger partial charge in [-0.15, -0.1) is 11.8 Å². The van der Waals surface area contributed by atoms with E-state index in [0.717, 1.165) is 5.69 Å². The van der Waals surface area contributed by atoms with Crippen molar-refractivity contribution in [2.75, 3.05) is 31.6 Å². The van der Waals surface area contributed by atoms with E-state index in [0.29, 0.717) is 24.5 Å². The van der Waals surface area contributed by atoms with Crippen molar-refractivity contribution in [3.8, 4) is 0 Å². The molecule has 0 saturated heterocycles. The second-order valence-corrected chi connectivity index (χ2v) is 9.31. The third kappa shape index (κ3) is 7.44. The molecule has 0 saturated carbocycles. The van der Waals surface area contributed by atoms with Gasteiger partial charge in [-0.2, -0.15) is 4.99 Å². The molecule has 3 rings (SSSR count). The Labute approximate surface area is 212 Å². The molecule has 0 aromatic heterocycles. The molecule has 0 aliphatic carbocycles. The number of hydrogen-bond donors (Lipinski definition) is 4. The van der Waals surface area contributed by atoms with Gasteiger partial charge in [-0.1, -0.05) is 0 Å². The summed E-state index contributed by atoms with van der Waals surface area (Å²) in [6.07, 6.45) is 0.0522. The first kappa shape index (κ1) is 27.0. The topological polar surface area (TPSA) is 174 Å². The first-order valence-corrected chi connectivity index (χ1v) is 12.6. The second kappa shape index (κ2) is 12.9. The van der Waals surface area contributed by atoms with Gasteiger partial charge in [0.15, 0.2) is 0 Å². The molecule has 194 valence electrons. The summed E-state index contributed by atoms with van der Waals surface area (Å²) in [7, 11) is 0. The lowest BCUT2D eigenvalue weighted by Crippen LogP contribution is -2.51. The fraction of sp³-hybridized carbons (Fsp3) is 0.478. The maximum Gasteiger partial charge on any atom is 0.328 e. The van der Waals surface area contributed by atoms with E-state index >= 15 is 0 Å². The number of nitrogens with one attached hydrogen (secondary N) is 3. The summed E-state index contributed by atoms with van der Waals surface area (Å²) in [6.45, 7) is 4.80. The van der Waals surface area contributed by atoms with Gasteiger partial charge in [-0.25, -0.2) is 4.79 Å². The number of rotatable bonds is 11. The van der Waals surface area contributed by atoms with Gasteiger partial charge in [0, 0.05) is 29.5 Å². The van der Waals surface area contributed by atoms with Crippen LogP contribution in [-0.4, -0.2) is 78.4 Å². The van der Waals surface area contributed by atoms with E-state index < -0.39 is 29.1 Å². The average molecular weight is 519 g/mol. The van der Waals surface area contributed by atoms with Gasteiger partial charge in [-0.05, 0) is 44.5 Å². The fourth-order valence-electron chi connectivity index (χ4n) is 3.50. The zero-order valence-electron chi connectivity index (χ0n) is 20.1. The van der Waals surface area contributed by atoms with Gasteiger partial charge in [-0.3, -0.25) is 24.7 Å². The number of amidine groups is 1. The number of carbonyl (C=O) groups is 4. The SMILES string of the molecule is CCOC(=O)CC[C@H](NC(=O)c1ccc(NCC2CN=C3N=C(N)NC(=O)C3S2)cc1)C(=O)OCC. The minimum Gasteiger partial charge on any atom is -0.466 e. The highest BCUT2D eigenvalue weighted by Gasteiger charge is 2.35. The van der Waals surface area contributed by atoms with Crippen LogP contribution in [0.15, 0.2) is 34.3 Å². The molecule has 5 N–H and O–H groups in total. The Bertz CT molecular complexity index is 1040. The lowest BCUT2D eigenvalue weighted by atomic mass is 10.1. The van der Waals surface area contributed by atoms with Gasteiger partial charge in [0.2, 0.25) is 11.9 Å². The molecule has 1 aromatic carbocycles. The van der Waals surface area contributed by atoms with Crippen LogP contribution in [0.3, 0.4) is 0 Å². The van der Waals surface area contributed by atoms with Crippen LogP contribution in [0.2, 0.25) is 0 Å². The standard InChI is InChI=1S/C23H30N6O6S/c1-3-34-17(30)10-9-16(22(33)35-4-2)27-20(31)13-5-7-14(8-6-13)25-11-15-12-26-19-18(36-15)21(32)29-23(24)28-19/h5-8,15-16,18,25H,3-4,9-12H2,1-2H3,(H,27,31)(H3,24,26,28,29,32)/t15?,16-,18?/m0/s1. The van der Waals surface area contributed by atoms with Crippen molar-refractivity contribution in [1.82, 2.24) is 10.6 Å². The number of carbonyl (C=O) groups excluding carboxylic acids is 4. The number of anilines is 1. The van der Waals surface area contributed by atoms with E-state index in [1.165, 1.54) is 11.8 Å². The Balaban J connectivity index is 1.53. The first-order valence-electron chi connectivity index (χ1n) is 11.6. The highest BCUT2D eigenvalue weighted by atomic mass is 32.2. The number of nitrogens with zero attached hydrogens (tertiary/aromatic N) is 2. The summed E-state index contributed by atoms with van der Waals surface area (Å²) in [5.74, 6) is -1.24. The van der Waals surface area contributed by atoms with Gasteiger partial charge in [0.05, 0.1) is 19.8 Å². The molecule has 0 spiro atoms. The van der Waals surface area contributed by atoms with Crippen molar-refractivity contribution in [1.29, 1.82) is 0 Å². The monoisotopic (exact) mass is 518 g/mol. The minimum absolute atomic E-state index is 0.0204. The largest absolute Gasteiger partial charge is 0.466 e. The normalized spacial score (nSPS) is 19.6. The Kier molecular flexibility index (Phi) is 9.68. The first-order chi connectivity index (χ1) is 17.3. The molecule has 3 atom stereocenters. The van der Waals surface area contributed by atoms with Crippen LogP contribution in [-0.2, 0) is 23.9 Å². The molecular formula is C23H30N6O6S. The average Bonchev–Trinajstić information content (AvgIpc) is 2.85. The van der Waals surface area contributed by atoms with Crippen LogP contribution in [0.5, 0.6) is 0 Å². The molecular weight excluding hydrogens is 488 g/mol. The molecule has 0 fully saturated rings. The number of ether oxygens (including phenoxy) is 2. The Morgan fingerprint density at radius 1 is 1.19 bits per heavy atom. The molecule has 2 aliphatic heterocycles. The third-order valence-electron chi connectivity index (χ3n) is 5.24. The number of nitrogens with two attached hydrogens (primary N) is 1. The van der Waals surface area contributed by atoms with Crippen molar-refractivity contribution in [2.45, 2.75) is 43.2 Å². The zero-order valence-corrected chi connectivity index (χ0v) is 20.9. The van der Waals surface area contributed by atoms with E-state index in [1.54, 1.807) is 38.1 Å². The van der Waals surface area contributed by atoms with Crippen molar-refractivity contribution in [2.24, 2.45) is 15.7 Å². The molecule has 0 radical (unpaired) electrons. The van der Waals surface area contributed by atoms with Crippen molar-refractivity contribution >= 4 is 53.0 Å². The minimum atomic E-state index is -0.967. The Morgan fingerprint density at radius 3 is 2.61 bits per heavy atom. The van der Waals surface area contributed by atoms with Crippen LogP contribution in [0, 0.1) is 0 Å². The summed E-state index contributed by atoms with van der Waals surface area (Å²) in [4.78, 5) is 57.2. The van der Waals surface area contributed by atoms with Crippen LogP contribution >= 0.6 is 11.8 Å². The summed E-state index contributed by atoms with van der Waals surface area (Å²) in [5.41, 5.74) is 6.70. The van der Waals surface area contributed by atoms with Crippen molar-refractivity contribution in [3.05, 3.63) is 29.8 Å². The number of aliphatic imine (C=N–C) groups is 2. The summed E-state index contributed by atoms with van der Waals surface area (Å²) in [5, 5.41) is 7.99. The number of esters is 2.